The Hall–Kier alpha value is -0.0500. The van der Waals surface area contributed by atoms with Crippen molar-refractivity contribution in [3.63, 3.8) is 0 Å². The lowest BCUT2D eigenvalue weighted by atomic mass is 10.3. The average molecular weight is 163 g/mol. The van der Waals surface area contributed by atoms with Crippen LogP contribution in [0.25, 0.3) is 0 Å². The van der Waals surface area contributed by atoms with Crippen molar-refractivity contribution in [1.29, 1.82) is 4.78 Å². The van der Waals surface area contributed by atoms with Crippen LogP contribution in [0.2, 0.25) is 0 Å². The molecule has 0 bridgehead atoms. The molecule has 0 amide bonds. The zero-order valence-corrected chi connectivity index (χ0v) is 7.99. The number of hydrogen-bond donors (Lipinski definition) is 1. The fourth-order valence-electron chi connectivity index (χ4n) is 0.688. The van der Waals surface area contributed by atoms with Crippen LogP contribution in [0.3, 0.4) is 0 Å². The lowest BCUT2D eigenvalue weighted by molar-refractivity contribution is 0.648. The van der Waals surface area contributed by atoms with Gasteiger partial charge in [-0.05, 0) is 5.92 Å². The third-order valence-electron chi connectivity index (χ3n) is 1.34. The molecule has 0 unspecified atom stereocenters. The number of rotatable bonds is 3. The van der Waals surface area contributed by atoms with E-state index in [9.17, 15) is 4.21 Å². The molecule has 0 aromatic heterocycles. The van der Waals surface area contributed by atoms with Crippen LogP contribution in [0.5, 0.6) is 0 Å². The van der Waals surface area contributed by atoms with E-state index in [0.717, 1.165) is 0 Å². The molecule has 0 aromatic carbocycles. The Morgan fingerprint density at radius 1 is 1.30 bits per heavy atom. The highest BCUT2D eigenvalue weighted by Gasteiger charge is 2.12. The number of nitrogens with one attached hydrogen (secondary N) is 1. The monoisotopic (exact) mass is 163 g/mol. The van der Waals surface area contributed by atoms with Gasteiger partial charge in [0.15, 0.2) is 0 Å². The van der Waals surface area contributed by atoms with Crippen molar-refractivity contribution in [2.75, 3.05) is 5.75 Å². The van der Waals surface area contributed by atoms with E-state index in [-0.39, 0.29) is 5.25 Å². The Labute approximate surface area is 64.0 Å². The van der Waals surface area contributed by atoms with Crippen molar-refractivity contribution in [1.82, 2.24) is 0 Å². The molecule has 1 N–H and O–H groups in total. The summed E-state index contributed by atoms with van der Waals surface area (Å²) in [4.78, 5) is 0. The minimum Gasteiger partial charge on any atom is -0.253 e. The largest absolute Gasteiger partial charge is 0.253 e. The molecule has 2 nitrogen and oxygen atoms in total. The molecule has 0 aliphatic heterocycles. The lowest BCUT2D eigenvalue weighted by Crippen LogP contribution is -2.19. The van der Waals surface area contributed by atoms with Crippen molar-refractivity contribution < 1.29 is 4.21 Å². The van der Waals surface area contributed by atoms with E-state index in [4.69, 9.17) is 4.78 Å². The quantitative estimate of drug-likeness (QED) is 0.680. The van der Waals surface area contributed by atoms with Crippen LogP contribution in [0, 0.1) is 10.7 Å². The second-order valence-corrected chi connectivity index (χ2v) is 6.06. The van der Waals surface area contributed by atoms with Crippen molar-refractivity contribution in [3.05, 3.63) is 0 Å². The van der Waals surface area contributed by atoms with Crippen molar-refractivity contribution >= 4 is 9.73 Å². The molecule has 0 aliphatic carbocycles. The molecule has 3 heteroatoms. The van der Waals surface area contributed by atoms with Gasteiger partial charge in [-0.2, -0.15) is 0 Å². The van der Waals surface area contributed by atoms with Gasteiger partial charge in [-0.15, -0.1) is 0 Å². The van der Waals surface area contributed by atoms with Crippen LogP contribution in [0.1, 0.15) is 27.7 Å². The minimum atomic E-state index is -2.30. The summed E-state index contributed by atoms with van der Waals surface area (Å²) < 4.78 is 18.8. The van der Waals surface area contributed by atoms with E-state index in [1.54, 1.807) is 0 Å². The molecule has 0 fully saturated rings. The summed E-state index contributed by atoms with van der Waals surface area (Å²) in [5.74, 6) is 0.900. The highest BCUT2D eigenvalue weighted by Crippen LogP contribution is 2.07. The summed E-state index contributed by atoms with van der Waals surface area (Å²) in [7, 11) is -2.30. The first-order valence-corrected chi connectivity index (χ1v) is 5.40. The molecule has 10 heavy (non-hydrogen) atoms. The maximum absolute atomic E-state index is 11.4. The second-order valence-electron chi connectivity index (χ2n) is 3.34. The minimum absolute atomic E-state index is 0.00472. The van der Waals surface area contributed by atoms with E-state index >= 15 is 0 Å². The molecule has 1 atom stereocenters. The standard InChI is InChI=1S/C7H17NOS/c1-6(2)5-10(8,9)7(3)4/h6-8H,5H2,1-4H3/t10-/m1/s1. The summed E-state index contributed by atoms with van der Waals surface area (Å²) in [5, 5.41) is -0.00472. The molecule has 0 rings (SSSR count). The smallest absolute Gasteiger partial charge is 0.0467 e. The zero-order valence-electron chi connectivity index (χ0n) is 7.18. The highest BCUT2D eigenvalue weighted by atomic mass is 32.2. The van der Waals surface area contributed by atoms with Crippen LogP contribution in [-0.2, 0) is 9.73 Å². The molecule has 0 aromatic rings. The topological polar surface area (TPSA) is 40.9 Å². The lowest BCUT2D eigenvalue weighted by Gasteiger charge is -2.12. The zero-order chi connectivity index (χ0) is 8.36. The van der Waals surface area contributed by atoms with Gasteiger partial charge >= 0.3 is 0 Å². The van der Waals surface area contributed by atoms with Gasteiger partial charge in [0, 0.05) is 20.7 Å². The molecule has 0 spiro atoms. The van der Waals surface area contributed by atoms with Gasteiger partial charge in [0.05, 0.1) is 0 Å². The Balaban J connectivity index is 4.16. The summed E-state index contributed by atoms with van der Waals surface area (Å²) in [5.41, 5.74) is 0. The summed E-state index contributed by atoms with van der Waals surface area (Å²) in [6.45, 7) is 7.68. The van der Waals surface area contributed by atoms with Gasteiger partial charge in [0.2, 0.25) is 0 Å². The van der Waals surface area contributed by atoms with Gasteiger partial charge < -0.3 is 0 Å². The maximum Gasteiger partial charge on any atom is 0.0467 e. The summed E-state index contributed by atoms with van der Waals surface area (Å²) in [6.07, 6.45) is 0. The highest BCUT2D eigenvalue weighted by molar-refractivity contribution is 7.92. The van der Waals surface area contributed by atoms with Crippen molar-refractivity contribution in [2.24, 2.45) is 5.92 Å². The SMILES string of the molecule is CC(C)C[S@@](=N)(=O)C(C)C. The Morgan fingerprint density at radius 2 is 1.70 bits per heavy atom. The summed E-state index contributed by atoms with van der Waals surface area (Å²) in [6, 6.07) is 0. The first-order chi connectivity index (χ1) is 4.36. The van der Waals surface area contributed by atoms with E-state index in [0.29, 0.717) is 11.7 Å². The first-order valence-electron chi connectivity index (χ1n) is 3.61. The molecular formula is C7H17NOS. The van der Waals surface area contributed by atoms with Crippen LogP contribution in [0.15, 0.2) is 0 Å². The molecule has 0 aliphatic rings. The van der Waals surface area contributed by atoms with Gasteiger partial charge in [-0.3, -0.25) is 4.78 Å². The first kappa shape index (κ1) is 9.95. The molecule has 62 valence electrons. The van der Waals surface area contributed by atoms with E-state index in [1.807, 2.05) is 27.7 Å². The predicted octanol–water partition coefficient (Wildman–Crippen LogP) is 2.10. The van der Waals surface area contributed by atoms with Gasteiger partial charge in [0.1, 0.15) is 0 Å². The van der Waals surface area contributed by atoms with E-state index in [2.05, 4.69) is 0 Å². The van der Waals surface area contributed by atoms with Crippen LogP contribution < -0.4 is 0 Å². The average Bonchev–Trinajstić information content (AvgIpc) is 1.60. The second kappa shape index (κ2) is 3.37. The van der Waals surface area contributed by atoms with Crippen molar-refractivity contribution in [2.45, 2.75) is 32.9 Å². The molecule has 0 radical (unpaired) electrons. The predicted molar refractivity (Wildman–Crippen MR) is 45.7 cm³/mol. The summed E-state index contributed by atoms with van der Waals surface area (Å²) >= 11 is 0. The van der Waals surface area contributed by atoms with E-state index in [1.165, 1.54) is 0 Å². The fraction of sp³-hybridized carbons (Fsp3) is 1.00. The van der Waals surface area contributed by atoms with Crippen LogP contribution in [0.4, 0.5) is 0 Å². The normalized spacial score (nSPS) is 17.8. The molecule has 0 saturated carbocycles. The third-order valence-corrected chi connectivity index (χ3v) is 4.03. The molecule has 0 heterocycles. The van der Waals surface area contributed by atoms with E-state index < -0.39 is 9.73 Å². The number of hydrogen-bond acceptors (Lipinski definition) is 2. The molecule has 0 saturated heterocycles. The Kier molecular flexibility index (Phi) is 3.36. The Morgan fingerprint density at radius 3 is 1.80 bits per heavy atom. The maximum atomic E-state index is 11.4. The van der Waals surface area contributed by atoms with Crippen molar-refractivity contribution in [3.8, 4) is 0 Å². The molecular weight excluding hydrogens is 146 g/mol. The van der Waals surface area contributed by atoms with Gasteiger partial charge in [-0.25, -0.2) is 4.21 Å². The van der Waals surface area contributed by atoms with Crippen LogP contribution >= 0.6 is 0 Å². The Bertz CT molecular complexity index is 180. The van der Waals surface area contributed by atoms with Crippen LogP contribution in [-0.4, -0.2) is 15.2 Å². The van der Waals surface area contributed by atoms with Gasteiger partial charge in [0.25, 0.3) is 0 Å². The van der Waals surface area contributed by atoms with Gasteiger partial charge in [-0.1, -0.05) is 27.7 Å². The fourth-order valence-corrected chi connectivity index (χ4v) is 2.06. The third kappa shape index (κ3) is 3.20.